The lowest BCUT2D eigenvalue weighted by molar-refractivity contribution is -0.142. The zero-order chi connectivity index (χ0) is 20.3. The van der Waals surface area contributed by atoms with Crippen LogP contribution in [0.15, 0.2) is 42.5 Å². The molecule has 1 amide bonds. The Morgan fingerprint density at radius 3 is 2.36 bits per heavy atom. The zero-order valence-corrected chi connectivity index (χ0v) is 15.9. The molecule has 1 aliphatic heterocycles. The number of nitrogens with zero attached hydrogens (tertiary/aromatic N) is 1. The van der Waals surface area contributed by atoms with Crippen LogP contribution in [0.5, 0.6) is 0 Å². The Morgan fingerprint density at radius 2 is 1.64 bits per heavy atom. The fourth-order valence-electron chi connectivity index (χ4n) is 3.04. The molecule has 28 heavy (non-hydrogen) atoms. The van der Waals surface area contributed by atoms with E-state index in [1.54, 1.807) is 42.3 Å². The van der Waals surface area contributed by atoms with Crippen molar-refractivity contribution in [3.05, 3.63) is 64.7 Å². The van der Waals surface area contributed by atoms with Crippen molar-refractivity contribution < 1.29 is 23.9 Å². The normalized spacial score (nSPS) is 12.6. The number of hydrogen-bond donors (Lipinski definition) is 0. The molecule has 2 aromatic carbocycles. The highest BCUT2D eigenvalue weighted by Crippen LogP contribution is 2.28. The second-order valence-corrected chi connectivity index (χ2v) is 6.85. The van der Waals surface area contributed by atoms with Crippen LogP contribution < -0.4 is 4.90 Å². The fourth-order valence-corrected chi connectivity index (χ4v) is 3.04. The number of rotatable bonds is 7. The van der Waals surface area contributed by atoms with Crippen LogP contribution >= 0.6 is 0 Å². The molecule has 0 saturated heterocycles. The highest BCUT2D eigenvalue weighted by Gasteiger charge is 2.25. The van der Waals surface area contributed by atoms with Crippen LogP contribution in [0.1, 0.15) is 44.7 Å². The molecule has 6 heteroatoms. The Bertz CT molecular complexity index is 946. The lowest BCUT2D eigenvalue weighted by Crippen LogP contribution is -2.20. The van der Waals surface area contributed by atoms with Crippen molar-refractivity contribution in [2.24, 2.45) is 0 Å². The maximum atomic E-state index is 12.3. The molecule has 0 fully saturated rings. The first-order chi connectivity index (χ1) is 13.3. The molecular weight excluding hydrogens is 358 g/mol. The van der Waals surface area contributed by atoms with Gasteiger partial charge in [0.05, 0.1) is 12.8 Å². The van der Waals surface area contributed by atoms with Gasteiger partial charge in [-0.1, -0.05) is 29.8 Å². The number of likely N-dealkylation sites (N-methyl/N-ethyl adjacent to an activating group) is 1. The minimum absolute atomic E-state index is 0.0238. The van der Waals surface area contributed by atoms with Crippen LogP contribution in [0.2, 0.25) is 0 Å². The van der Waals surface area contributed by atoms with Crippen LogP contribution in [0, 0.1) is 6.92 Å². The molecule has 6 nitrogen and oxygen atoms in total. The highest BCUT2D eigenvalue weighted by atomic mass is 16.5. The van der Waals surface area contributed by atoms with Crippen molar-refractivity contribution in [1.82, 2.24) is 0 Å². The van der Waals surface area contributed by atoms with Crippen LogP contribution in [-0.4, -0.2) is 37.1 Å². The summed E-state index contributed by atoms with van der Waals surface area (Å²) in [5, 5.41) is 0. The third kappa shape index (κ3) is 4.34. The number of ketones is 2. The first kappa shape index (κ1) is 19.5. The molecule has 2 aromatic rings. The van der Waals surface area contributed by atoms with E-state index in [9.17, 15) is 19.2 Å². The predicted molar refractivity (Wildman–Crippen MR) is 104 cm³/mol. The Labute approximate surface area is 163 Å². The van der Waals surface area contributed by atoms with E-state index >= 15 is 0 Å². The molecule has 1 heterocycles. The summed E-state index contributed by atoms with van der Waals surface area (Å²) in [5.74, 6) is -1.10. The number of amides is 1. The number of fused-ring (bicyclic) bond motifs is 1. The lowest BCUT2D eigenvalue weighted by atomic mass is 10.0. The molecule has 144 valence electrons. The molecule has 0 aromatic heterocycles. The average molecular weight is 379 g/mol. The summed E-state index contributed by atoms with van der Waals surface area (Å²) in [6, 6.07) is 12.1. The van der Waals surface area contributed by atoms with E-state index in [0.29, 0.717) is 11.1 Å². The first-order valence-electron chi connectivity index (χ1n) is 9.03. The summed E-state index contributed by atoms with van der Waals surface area (Å²) in [6.07, 6.45) is 0.209. The molecular formula is C22H21NO5. The van der Waals surface area contributed by atoms with Gasteiger partial charge in [0.15, 0.2) is 18.2 Å². The predicted octanol–water partition coefficient (Wildman–Crippen LogP) is 2.90. The number of aryl methyl sites for hydroxylation is 1. The molecule has 0 aliphatic carbocycles. The lowest BCUT2D eigenvalue weighted by Gasteiger charge is -2.10. The van der Waals surface area contributed by atoms with E-state index in [0.717, 1.165) is 16.8 Å². The molecule has 0 radical (unpaired) electrons. The molecule has 0 saturated carbocycles. The Kier molecular flexibility index (Phi) is 5.68. The summed E-state index contributed by atoms with van der Waals surface area (Å²) >= 11 is 0. The van der Waals surface area contributed by atoms with Crippen molar-refractivity contribution in [3.8, 4) is 0 Å². The van der Waals surface area contributed by atoms with Crippen molar-refractivity contribution >= 4 is 29.1 Å². The number of carbonyl (C=O) groups excluding carboxylic acids is 4. The van der Waals surface area contributed by atoms with Crippen LogP contribution in [0.4, 0.5) is 5.69 Å². The second-order valence-electron chi connectivity index (χ2n) is 6.85. The molecule has 0 atom stereocenters. The third-order valence-electron chi connectivity index (χ3n) is 4.77. The first-order valence-corrected chi connectivity index (χ1v) is 9.03. The molecule has 0 N–H and O–H groups in total. The van der Waals surface area contributed by atoms with Gasteiger partial charge in [0.1, 0.15) is 0 Å². The summed E-state index contributed by atoms with van der Waals surface area (Å²) in [7, 11) is 1.69. The van der Waals surface area contributed by atoms with Gasteiger partial charge < -0.3 is 9.64 Å². The van der Waals surface area contributed by atoms with Crippen LogP contribution in [0.25, 0.3) is 0 Å². The van der Waals surface area contributed by atoms with Gasteiger partial charge in [-0.05, 0) is 30.7 Å². The molecule has 0 unspecified atom stereocenters. The highest BCUT2D eigenvalue weighted by molar-refractivity contribution is 6.04. The van der Waals surface area contributed by atoms with Gasteiger partial charge >= 0.3 is 5.97 Å². The number of hydrogen-bond acceptors (Lipinski definition) is 5. The Morgan fingerprint density at radius 1 is 0.964 bits per heavy atom. The maximum Gasteiger partial charge on any atom is 0.306 e. The second kappa shape index (κ2) is 8.17. The van der Waals surface area contributed by atoms with Crippen molar-refractivity contribution in [1.29, 1.82) is 0 Å². The maximum absolute atomic E-state index is 12.3. The van der Waals surface area contributed by atoms with E-state index in [2.05, 4.69) is 0 Å². The fraction of sp³-hybridized carbons (Fsp3) is 0.273. The number of ether oxygens (including phenoxy) is 1. The van der Waals surface area contributed by atoms with Gasteiger partial charge in [-0.15, -0.1) is 0 Å². The van der Waals surface area contributed by atoms with Crippen LogP contribution in [0.3, 0.4) is 0 Å². The largest absolute Gasteiger partial charge is 0.457 e. The minimum atomic E-state index is -0.593. The standard InChI is InChI=1S/C22H21NO5/c1-14-3-5-15(6-4-14)19(24)9-10-22(27)28-13-20(25)16-7-8-18-17(11-16)12-21(26)23(18)2/h3-8,11H,9-10,12-13H2,1-2H3. The Balaban J connectivity index is 1.49. The number of carbonyl (C=O) groups is 4. The van der Waals surface area contributed by atoms with E-state index in [4.69, 9.17) is 4.74 Å². The topological polar surface area (TPSA) is 80.8 Å². The van der Waals surface area contributed by atoms with Gasteiger partial charge in [-0.3, -0.25) is 19.2 Å². The van der Waals surface area contributed by atoms with E-state index < -0.39 is 5.97 Å². The quantitative estimate of drug-likeness (QED) is 0.546. The van der Waals surface area contributed by atoms with Gasteiger partial charge in [-0.25, -0.2) is 0 Å². The van der Waals surface area contributed by atoms with Gasteiger partial charge in [-0.2, -0.15) is 0 Å². The minimum Gasteiger partial charge on any atom is -0.457 e. The number of benzene rings is 2. The summed E-state index contributed by atoms with van der Waals surface area (Å²) < 4.78 is 5.01. The third-order valence-corrected chi connectivity index (χ3v) is 4.77. The SMILES string of the molecule is Cc1ccc(C(=O)CCC(=O)OCC(=O)c2ccc3c(c2)CC(=O)N3C)cc1. The Hall–Kier alpha value is -3.28. The number of anilines is 1. The van der Waals surface area contributed by atoms with Crippen molar-refractivity contribution in [2.45, 2.75) is 26.2 Å². The average Bonchev–Trinajstić information content (AvgIpc) is 2.98. The zero-order valence-electron chi connectivity index (χ0n) is 15.9. The van der Waals surface area contributed by atoms with E-state index in [-0.39, 0.29) is 43.3 Å². The molecule has 0 spiro atoms. The van der Waals surface area contributed by atoms with Gasteiger partial charge in [0, 0.05) is 30.3 Å². The van der Waals surface area contributed by atoms with Gasteiger partial charge in [0.2, 0.25) is 5.91 Å². The smallest absolute Gasteiger partial charge is 0.306 e. The number of Topliss-reactive ketones (excluding diaryl/α,β-unsaturated/α-hetero) is 2. The summed E-state index contributed by atoms with van der Waals surface area (Å²) in [6.45, 7) is 1.54. The van der Waals surface area contributed by atoms with Crippen molar-refractivity contribution in [3.63, 3.8) is 0 Å². The van der Waals surface area contributed by atoms with E-state index in [1.165, 1.54) is 0 Å². The number of esters is 1. The molecule has 3 rings (SSSR count). The van der Waals surface area contributed by atoms with Crippen LogP contribution in [-0.2, 0) is 20.7 Å². The summed E-state index contributed by atoms with van der Waals surface area (Å²) in [5.41, 5.74) is 3.57. The monoisotopic (exact) mass is 379 g/mol. The van der Waals surface area contributed by atoms with E-state index in [1.807, 2.05) is 19.1 Å². The molecule has 1 aliphatic rings. The summed E-state index contributed by atoms with van der Waals surface area (Å²) in [4.78, 5) is 49.5. The van der Waals surface area contributed by atoms with Gasteiger partial charge in [0.25, 0.3) is 0 Å². The molecule has 0 bridgehead atoms. The van der Waals surface area contributed by atoms with Crippen molar-refractivity contribution in [2.75, 3.05) is 18.6 Å².